The van der Waals surface area contributed by atoms with Crippen LogP contribution in [0.5, 0.6) is 0 Å². The van der Waals surface area contributed by atoms with Gasteiger partial charge >= 0.3 is 6.18 Å². The van der Waals surface area contributed by atoms with Gasteiger partial charge in [-0.05, 0) is 57.1 Å². The quantitative estimate of drug-likeness (QED) is 0.543. The molecule has 0 spiro atoms. The van der Waals surface area contributed by atoms with Crippen LogP contribution in [0.2, 0.25) is 5.02 Å². The van der Waals surface area contributed by atoms with Gasteiger partial charge in [0.15, 0.2) is 0 Å². The number of nitrogens with zero attached hydrogens (tertiary/aromatic N) is 3. The van der Waals surface area contributed by atoms with Gasteiger partial charge in [0.2, 0.25) is 0 Å². The fourth-order valence-electron chi connectivity index (χ4n) is 4.30. The number of pyridine rings is 1. The molecule has 0 radical (unpaired) electrons. The molecule has 2 aromatic heterocycles. The maximum Gasteiger partial charge on any atom is 0.433 e. The molecular formula is C22H23ClF3N3. The molecule has 0 bridgehead atoms. The molecule has 3 aromatic rings. The maximum absolute atomic E-state index is 12.7. The van der Waals surface area contributed by atoms with Gasteiger partial charge in [-0.1, -0.05) is 17.7 Å². The topological polar surface area (TPSA) is 21.1 Å². The number of likely N-dealkylation sites (N-methyl/N-ethyl adjacent to an activating group) is 1. The lowest BCUT2D eigenvalue weighted by Crippen LogP contribution is -2.44. The van der Waals surface area contributed by atoms with E-state index < -0.39 is 11.9 Å². The summed E-state index contributed by atoms with van der Waals surface area (Å²) < 4.78 is 40.5. The zero-order chi connectivity index (χ0) is 21.0. The highest BCUT2D eigenvalue weighted by Gasteiger charge is 2.36. The van der Waals surface area contributed by atoms with Crippen LogP contribution >= 0.6 is 11.6 Å². The molecule has 4 rings (SSSR count). The van der Waals surface area contributed by atoms with Gasteiger partial charge < -0.3 is 4.57 Å². The Hall–Kier alpha value is -2.05. The van der Waals surface area contributed by atoms with Gasteiger partial charge in [-0.25, -0.2) is 0 Å². The molecule has 0 saturated heterocycles. The third-order valence-corrected chi connectivity index (χ3v) is 6.36. The number of fused-ring (bicyclic) bond motifs is 3. The minimum absolute atomic E-state index is 0.127. The lowest BCUT2D eigenvalue weighted by Gasteiger charge is -2.40. The number of hydrogen-bond donors (Lipinski definition) is 0. The van der Waals surface area contributed by atoms with E-state index >= 15 is 0 Å². The molecular weight excluding hydrogens is 399 g/mol. The summed E-state index contributed by atoms with van der Waals surface area (Å²) in [5.41, 5.74) is 3.49. The second kappa shape index (κ2) is 7.03. The summed E-state index contributed by atoms with van der Waals surface area (Å²) in [6, 6.07) is 8.52. The molecule has 0 aliphatic carbocycles. The Kier molecular flexibility index (Phi) is 4.90. The van der Waals surface area contributed by atoms with Crippen LogP contribution in [0.15, 0.2) is 36.5 Å². The molecule has 1 aromatic carbocycles. The van der Waals surface area contributed by atoms with Gasteiger partial charge in [0, 0.05) is 58.4 Å². The van der Waals surface area contributed by atoms with Crippen LogP contribution in [-0.4, -0.2) is 28.0 Å². The fourth-order valence-corrected chi connectivity index (χ4v) is 4.47. The lowest BCUT2D eigenvalue weighted by atomic mass is 9.86. The lowest BCUT2D eigenvalue weighted by molar-refractivity contribution is -0.141. The number of aryl methyl sites for hydroxylation is 2. The predicted octanol–water partition coefficient (Wildman–Crippen LogP) is 5.67. The molecule has 0 atom stereocenters. The molecule has 7 heteroatoms. The first-order valence-corrected chi connectivity index (χ1v) is 10.0. The van der Waals surface area contributed by atoms with E-state index in [0.717, 1.165) is 35.5 Å². The molecule has 0 N–H and O–H groups in total. The number of rotatable bonds is 3. The van der Waals surface area contributed by atoms with Gasteiger partial charge in [-0.3, -0.25) is 9.88 Å². The average Bonchev–Trinajstić information content (AvgIpc) is 2.96. The molecule has 154 valence electrons. The number of aromatic nitrogens is 2. The van der Waals surface area contributed by atoms with Crippen molar-refractivity contribution in [3.8, 4) is 0 Å². The number of alkyl halides is 3. The molecule has 29 heavy (non-hydrogen) atoms. The first-order chi connectivity index (χ1) is 13.6. The summed E-state index contributed by atoms with van der Waals surface area (Å²) >= 11 is 6.30. The summed E-state index contributed by atoms with van der Waals surface area (Å²) in [5, 5.41) is 1.85. The third-order valence-electron chi connectivity index (χ3n) is 6.12. The van der Waals surface area contributed by atoms with Gasteiger partial charge in [-0.2, -0.15) is 13.2 Å². The Morgan fingerprint density at radius 3 is 2.59 bits per heavy atom. The van der Waals surface area contributed by atoms with Crippen LogP contribution in [0.4, 0.5) is 13.2 Å². The molecule has 3 heterocycles. The van der Waals surface area contributed by atoms with Gasteiger partial charge in [0.05, 0.1) is 0 Å². The zero-order valence-corrected chi connectivity index (χ0v) is 17.4. The first kappa shape index (κ1) is 20.2. The summed E-state index contributed by atoms with van der Waals surface area (Å²) in [7, 11) is 2.13. The molecule has 1 aliphatic rings. The molecule has 3 nitrogen and oxygen atoms in total. The Bertz CT molecular complexity index is 1050. The molecule has 1 aliphatic heterocycles. The number of hydrogen-bond acceptors (Lipinski definition) is 2. The van der Waals surface area contributed by atoms with E-state index in [0.29, 0.717) is 18.0 Å². The van der Waals surface area contributed by atoms with Gasteiger partial charge in [0.1, 0.15) is 5.69 Å². The van der Waals surface area contributed by atoms with Crippen molar-refractivity contribution in [2.75, 3.05) is 13.6 Å². The van der Waals surface area contributed by atoms with Crippen LogP contribution in [0.1, 0.15) is 36.4 Å². The SMILES string of the molecule is CN1CCc2c(c3cc(Cl)ccc3n2CCc2ccc(C(F)(F)F)nc2)C1(C)C. The van der Waals surface area contributed by atoms with E-state index in [9.17, 15) is 13.2 Å². The van der Waals surface area contributed by atoms with Gasteiger partial charge in [-0.15, -0.1) is 0 Å². The van der Waals surface area contributed by atoms with E-state index in [2.05, 4.69) is 35.3 Å². The smallest absolute Gasteiger partial charge is 0.344 e. The van der Waals surface area contributed by atoms with E-state index in [1.807, 2.05) is 18.2 Å². The van der Waals surface area contributed by atoms with Crippen LogP contribution in [0.25, 0.3) is 10.9 Å². The molecule has 0 amide bonds. The monoisotopic (exact) mass is 421 g/mol. The maximum atomic E-state index is 12.7. The van der Waals surface area contributed by atoms with Crippen molar-refractivity contribution in [2.45, 2.75) is 44.9 Å². The summed E-state index contributed by atoms with van der Waals surface area (Å²) in [4.78, 5) is 5.93. The minimum Gasteiger partial charge on any atom is -0.344 e. The van der Waals surface area contributed by atoms with Crippen molar-refractivity contribution in [3.63, 3.8) is 0 Å². The first-order valence-electron chi connectivity index (χ1n) is 9.63. The normalized spacial score (nSPS) is 16.9. The highest BCUT2D eigenvalue weighted by atomic mass is 35.5. The predicted molar refractivity (Wildman–Crippen MR) is 109 cm³/mol. The molecule has 0 saturated carbocycles. The van der Waals surface area contributed by atoms with E-state index in [-0.39, 0.29) is 5.54 Å². The minimum atomic E-state index is -4.41. The van der Waals surface area contributed by atoms with Crippen molar-refractivity contribution in [1.29, 1.82) is 0 Å². The van der Waals surface area contributed by atoms with E-state index in [1.54, 1.807) is 0 Å². The van der Waals surface area contributed by atoms with Crippen molar-refractivity contribution in [3.05, 3.63) is 64.1 Å². The Morgan fingerprint density at radius 2 is 1.93 bits per heavy atom. The van der Waals surface area contributed by atoms with Crippen LogP contribution in [0.3, 0.4) is 0 Å². The fraction of sp³-hybridized carbons (Fsp3) is 0.409. The van der Waals surface area contributed by atoms with Crippen LogP contribution in [-0.2, 0) is 31.1 Å². The van der Waals surface area contributed by atoms with E-state index in [4.69, 9.17) is 11.6 Å². The van der Waals surface area contributed by atoms with Crippen molar-refractivity contribution >= 4 is 22.5 Å². The van der Waals surface area contributed by atoms with E-state index in [1.165, 1.54) is 23.5 Å². The Balaban J connectivity index is 1.72. The van der Waals surface area contributed by atoms with Crippen LogP contribution < -0.4 is 0 Å². The van der Waals surface area contributed by atoms with Crippen molar-refractivity contribution < 1.29 is 13.2 Å². The average molecular weight is 422 g/mol. The summed E-state index contributed by atoms with van der Waals surface area (Å²) in [6.07, 6.45) is -1.55. The number of benzene rings is 1. The Labute approximate surface area is 173 Å². The second-order valence-electron chi connectivity index (χ2n) is 8.16. The summed E-state index contributed by atoms with van der Waals surface area (Å²) in [5.74, 6) is 0. The van der Waals surface area contributed by atoms with Crippen LogP contribution in [0, 0.1) is 0 Å². The summed E-state index contributed by atoms with van der Waals surface area (Å²) in [6.45, 7) is 6.07. The zero-order valence-electron chi connectivity index (χ0n) is 16.6. The van der Waals surface area contributed by atoms with Gasteiger partial charge in [0.25, 0.3) is 0 Å². The third kappa shape index (κ3) is 3.53. The van der Waals surface area contributed by atoms with Crippen molar-refractivity contribution in [1.82, 2.24) is 14.5 Å². The highest BCUT2D eigenvalue weighted by Crippen LogP contribution is 2.41. The standard InChI is InChI=1S/C22H23ClF3N3/c1-21(2)20-16-12-15(23)5-6-17(16)29(18(20)9-10-28(21)3)11-8-14-4-7-19(27-13-14)22(24,25)26/h4-7,12-13H,8-11H2,1-3H3. The largest absolute Gasteiger partial charge is 0.433 e. The highest BCUT2D eigenvalue weighted by molar-refractivity contribution is 6.31. The number of halogens is 4. The molecule has 0 fully saturated rings. The van der Waals surface area contributed by atoms with Crippen molar-refractivity contribution in [2.24, 2.45) is 0 Å². The Morgan fingerprint density at radius 1 is 1.17 bits per heavy atom. The molecule has 0 unspecified atom stereocenters. The second-order valence-corrected chi connectivity index (χ2v) is 8.60.